The number of methoxy groups -OCH3 is 1. The van der Waals surface area contributed by atoms with Crippen LogP contribution in [0.1, 0.15) is 20.4 Å². The maximum absolute atomic E-state index is 12.1. The number of nitrogens with zero attached hydrogens (tertiary/aromatic N) is 2. The number of carbonyl (C=O) groups excluding carboxylic acids is 1. The second-order valence-corrected chi connectivity index (χ2v) is 5.23. The molecule has 5 nitrogen and oxygen atoms in total. The first kappa shape index (κ1) is 13.9. The minimum atomic E-state index is -0.266. The Balaban J connectivity index is 2.18. The summed E-state index contributed by atoms with van der Waals surface area (Å²) in [5, 5.41) is 3.83. The Morgan fingerprint density at radius 1 is 1.58 bits per heavy atom. The molecule has 7 heteroatoms. The Morgan fingerprint density at radius 3 is 3.05 bits per heavy atom. The molecule has 19 heavy (non-hydrogen) atoms. The number of carbonyl (C=O) groups is 1. The molecule has 0 atom stereocenters. The number of pyridine rings is 1. The van der Waals surface area contributed by atoms with Gasteiger partial charge in [-0.1, -0.05) is 11.6 Å². The third-order valence-corrected chi connectivity index (χ3v) is 3.74. The highest BCUT2D eigenvalue weighted by Gasteiger charge is 2.16. The number of anilines is 1. The molecule has 0 bridgehead atoms. The first-order valence-corrected chi connectivity index (χ1v) is 6.68. The van der Waals surface area contributed by atoms with Crippen molar-refractivity contribution >= 4 is 34.7 Å². The van der Waals surface area contributed by atoms with E-state index in [0.29, 0.717) is 28.0 Å². The summed E-state index contributed by atoms with van der Waals surface area (Å²) in [4.78, 5) is 20.9. The molecule has 0 aliphatic heterocycles. The molecule has 0 radical (unpaired) electrons. The van der Waals surface area contributed by atoms with Crippen LogP contribution >= 0.6 is 22.9 Å². The van der Waals surface area contributed by atoms with Gasteiger partial charge in [0, 0.05) is 13.3 Å². The van der Waals surface area contributed by atoms with E-state index >= 15 is 0 Å². The standard InChI is InChI=1S/C12H12ClN3O2S/c1-7-10(19-9(15-7)6-18-2)12(17)16-11-8(13)4-3-5-14-11/h3-5H,6H2,1-2H3,(H,14,16,17). The molecular weight excluding hydrogens is 286 g/mol. The number of ether oxygens (including phenoxy) is 1. The Labute approximate surface area is 119 Å². The van der Waals surface area contributed by atoms with E-state index in [1.165, 1.54) is 11.3 Å². The van der Waals surface area contributed by atoms with Crippen molar-refractivity contribution in [1.29, 1.82) is 0 Å². The number of hydrogen-bond donors (Lipinski definition) is 1. The molecule has 0 spiro atoms. The summed E-state index contributed by atoms with van der Waals surface area (Å²) in [5.74, 6) is 0.0770. The quantitative estimate of drug-likeness (QED) is 0.942. The normalized spacial score (nSPS) is 10.5. The summed E-state index contributed by atoms with van der Waals surface area (Å²) in [6, 6.07) is 3.37. The van der Waals surface area contributed by atoms with Gasteiger partial charge in [-0.3, -0.25) is 4.79 Å². The van der Waals surface area contributed by atoms with Gasteiger partial charge in [-0.25, -0.2) is 9.97 Å². The van der Waals surface area contributed by atoms with Crippen LogP contribution in [0.4, 0.5) is 5.82 Å². The second kappa shape index (κ2) is 6.10. The predicted octanol–water partition coefficient (Wildman–Crippen LogP) is 2.90. The Hall–Kier alpha value is -1.50. The summed E-state index contributed by atoms with van der Waals surface area (Å²) in [5.41, 5.74) is 0.668. The number of halogens is 1. The molecule has 0 aliphatic carbocycles. The van der Waals surface area contributed by atoms with Crippen LogP contribution in [0.15, 0.2) is 18.3 Å². The van der Waals surface area contributed by atoms with Gasteiger partial charge in [0.1, 0.15) is 9.88 Å². The lowest BCUT2D eigenvalue weighted by Gasteiger charge is -2.04. The zero-order valence-corrected chi connectivity index (χ0v) is 12.0. The van der Waals surface area contributed by atoms with Gasteiger partial charge in [0.2, 0.25) is 0 Å². The van der Waals surface area contributed by atoms with E-state index in [0.717, 1.165) is 5.01 Å². The van der Waals surface area contributed by atoms with E-state index in [4.69, 9.17) is 16.3 Å². The van der Waals surface area contributed by atoms with Crippen LogP contribution in [-0.4, -0.2) is 23.0 Å². The molecule has 2 aromatic heterocycles. The van der Waals surface area contributed by atoms with E-state index in [-0.39, 0.29) is 5.91 Å². The highest BCUT2D eigenvalue weighted by atomic mass is 35.5. The van der Waals surface area contributed by atoms with Crippen molar-refractivity contribution in [3.8, 4) is 0 Å². The summed E-state index contributed by atoms with van der Waals surface area (Å²) in [7, 11) is 1.59. The number of hydrogen-bond acceptors (Lipinski definition) is 5. The first-order chi connectivity index (χ1) is 9.11. The minimum absolute atomic E-state index is 0.266. The molecule has 0 saturated carbocycles. The number of amides is 1. The lowest BCUT2D eigenvalue weighted by molar-refractivity contribution is 0.102. The first-order valence-electron chi connectivity index (χ1n) is 5.49. The fourth-order valence-electron chi connectivity index (χ4n) is 1.49. The number of rotatable bonds is 4. The number of aryl methyl sites for hydroxylation is 1. The molecular formula is C12H12ClN3O2S. The van der Waals surface area contributed by atoms with Crippen molar-refractivity contribution in [3.05, 3.63) is 38.9 Å². The van der Waals surface area contributed by atoms with Gasteiger partial charge < -0.3 is 10.1 Å². The van der Waals surface area contributed by atoms with E-state index < -0.39 is 0 Å². The molecule has 0 fully saturated rings. The molecule has 0 unspecified atom stereocenters. The van der Waals surface area contributed by atoms with Crippen LogP contribution in [0.5, 0.6) is 0 Å². The average Bonchev–Trinajstić information content (AvgIpc) is 2.74. The lowest BCUT2D eigenvalue weighted by Crippen LogP contribution is -2.12. The van der Waals surface area contributed by atoms with Gasteiger partial charge in [0.05, 0.1) is 17.3 Å². The Kier molecular flexibility index (Phi) is 4.47. The van der Waals surface area contributed by atoms with Crippen LogP contribution in [0.25, 0.3) is 0 Å². The van der Waals surface area contributed by atoms with Crippen LogP contribution in [-0.2, 0) is 11.3 Å². The smallest absolute Gasteiger partial charge is 0.268 e. The summed E-state index contributed by atoms with van der Waals surface area (Å²) in [6.07, 6.45) is 1.57. The average molecular weight is 298 g/mol. The van der Waals surface area contributed by atoms with Gasteiger partial charge >= 0.3 is 0 Å². The maximum Gasteiger partial charge on any atom is 0.268 e. The van der Waals surface area contributed by atoms with E-state index in [1.54, 1.807) is 32.4 Å². The topological polar surface area (TPSA) is 64.1 Å². The minimum Gasteiger partial charge on any atom is -0.378 e. The van der Waals surface area contributed by atoms with Crippen molar-refractivity contribution in [3.63, 3.8) is 0 Å². The monoisotopic (exact) mass is 297 g/mol. The zero-order chi connectivity index (χ0) is 13.8. The summed E-state index contributed by atoms with van der Waals surface area (Å²) in [6.45, 7) is 2.17. The van der Waals surface area contributed by atoms with Crippen LogP contribution in [0.2, 0.25) is 5.02 Å². The fraction of sp³-hybridized carbons (Fsp3) is 0.250. The SMILES string of the molecule is COCc1nc(C)c(C(=O)Nc2ncccc2Cl)s1. The maximum atomic E-state index is 12.1. The van der Waals surface area contributed by atoms with Crippen molar-refractivity contribution in [1.82, 2.24) is 9.97 Å². The van der Waals surface area contributed by atoms with E-state index in [2.05, 4.69) is 15.3 Å². The zero-order valence-electron chi connectivity index (χ0n) is 10.4. The molecule has 2 aromatic rings. The molecule has 100 valence electrons. The molecule has 1 N–H and O–H groups in total. The molecule has 0 aromatic carbocycles. The van der Waals surface area contributed by atoms with Gasteiger partial charge in [-0.15, -0.1) is 11.3 Å². The Bertz CT molecular complexity index is 600. The number of thiazole rings is 1. The highest BCUT2D eigenvalue weighted by Crippen LogP contribution is 2.22. The van der Waals surface area contributed by atoms with Gasteiger partial charge in [-0.05, 0) is 19.1 Å². The Morgan fingerprint density at radius 2 is 2.37 bits per heavy atom. The molecule has 0 aliphatic rings. The van der Waals surface area contributed by atoms with Crippen molar-refractivity contribution in [2.45, 2.75) is 13.5 Å². The van der Waals surface area contributed by atoms with Gasteiger partial charge in [0.15, 0.2) is 5.82 Å². The predicted molar refractivity (Wildman–Crippen MR) is 74.8 cm³/mol. The van der Waals surface area contributed by atoms with Crippen molar-refractivity contribution in [2.24, 2.45) is 0 Å². The number of nitrogens with one attached hydrogen (secondary N) is 1. The number of aromatic nitrogens is 2. The van der Waals surface area contributed by atoms with E-state index in [9.17, 15) is 4.79 Å². The fourth-order valence-corrected chi connectivity index (χ4v) is 2.59. The summed E-state index contributed by atoms with van der Waals surface area (Å²) >= 11 is 7.24. The van der Waals surface area contributed by atoms with E-state index in [1.807, 2.05) is 0 Å². The third-order valence-electron chi connectivity index (χ3n) is 2.31. The van der Waals surface area contributed by atoms with Gasteiger partial charge in [0.25, 0.3) is 5.91 Å². The molecule has 0 saturated heterocycles. The van der Waals surface area contributed by atoms with Crippen LogP contribution in [0, 0.1) is 6.92 Å². The second-order valence-electron chi connectivity index (χ2n) is 3.74. The van der Waals surface area contributed by atoms with Gasteiger partial charge in [-0.2, -0.15) is 0 Å². The molecule has 2 heterocycles. The molecule has 2 rings (SSSR count). The molecule has 1 amide bonds. The largest absolute Gasteiger partial charge is 0.378 e. The lowest BCUT2D eigenvalue weighted by atomic mass is 10.3. The third kappa shape index (κ3) is 3.28. The van der Waals surface area contributed by atoms with Crippen molar-refractivity contribution < 1.29 is 9.53 Å². The van der Waals surface area contributed by atoms with Crippen molar-refractivity contribution in [2.75, 3.05) is 12.4 Å². The van der Waals surface area contributed by atoms with Crippen LogP contribution < -0.4 is 5.32 Å². The highest BCUT2D eigenvalue weighted by molar-refractivity contribution is 7.13. The van der Waals surface area contributed by atoms with Crippen LogP contribution in [0.3, 0.4) is 0 Å². The summed E-state index contributed by atoms with van der Waals surface area (Å²) < 4.78 is 5.00.